The molecule has 0 saturated carbocycles. The SMILES string of the molecule is CCc1nc2cc(CCCN)ccn2n1. The number of hydrogen-bond donors (Lipinski definition) is 1. The van der Waals surface area contributed by atoms with E-state index in [1.54, 1.807) is 0 Å². The van der Waals surface area contributed by atoms with Gasteiger partial charge in [-0.2, -0.15) is 5.10 Å². The zero-order valence-corrected chi connectivity index (χ0v) is 8.98. The Bertz CT molecular complexity index is 447. The highest BCUT2D eigenvalue weighted by atomic mass is 15.3. The normalized spacial score (nSPS) is 11.1. The first kappa shape index (κ1) is 10.1. The van der Waals surface area contributed by atoms with Crippen LogP contribution in [0.25, 0.3) is 5.65 Å². The van der Waals surface area contributed by atoms with Crippen molar-refractivity contribution in [2.24, 2.45) is 5.73 Å². The quantitative estimate of drug-likeness (QED) is 0.813. The van der Waals surface area contributed by atoms with Gasteiger partial charge >= 0.3 is 0 Å². The van der Waals surface area contributed by atoms with Crippen molar-refractivity contribution in [1.82, 2.24) is 14.6 Å². The molecule has 0 amide bonds. The van der Waals surface area contributed by atoms with Gasteiger partial charge in [0.05, 0.1) is 0 Å². The fraction of sp³-hybridized carbons (Fsp3) is 0.455. The third-order valence-corrected chi connectivity index (χ3v) is 2.43. The van der Waals surface area contributed by atoms with E-state index < -0.39 is 0 Å². The summed E-state index contributed by atoms with van der Waals surface area (Å²) >= 11 is 0. The molecule has 4 nitrogen and oxygen atoms in total. The monoisotopic (exact) mass is 204 g/mol. The molecule has 0 bridgehead atoms. The lowest BCUT2D eigenvalue weighted by atomic mass is 10.1. The van der Waals surface area contributed by atoms with Crippen molar-refractivity contribution >= 4 is 5.65 Å². The highest BCUT2D eigenvalue weighted by Crippen LogP contribution is 2.07. The summed E-state index contributed by atoms with van der Waals surface area (Å²) in [6.07, 6.45) is 4.87. The van der Waals surface area contributed by atoms with Gasteiger partial charge in [-0.3, -0.25) is 0 Å². The molecule has 0 aliphatic rings. The number of hydrogen-bond acceptors (Lipinski definition) is 3. The fourth-order valence-electron chi connectivity index (χ4n) is 1.58. The van der Waals surface area contributed by atoms with Gasteiger partial charge in [0, 0.05) is 12.6 Å². The Morgan fingerprint density at radius 1 is 1.47 bits per heavy atom. The molecular formula is C11H16N4. The molecule has 2 heterocycles. The van der Waals surface area contributed by atoms with E-state index in [-0.39, 0.29) is 0 Å². The molecule has 0 radical (unpaired) electrons. The van der Waals surface area contributed by atoms with E-state index in [1.807, 2.05) is 10.7 Å². The van der Waals surface area contributed by atoms with E-state index in [0.717, 1.165) is 37.3 Å². The van der Waals surface area contributed by atoms with Crippen molar-refractivity contribution in [2.45, 2.75) is 26.2 Å². The molecule has 0 unspecified atom stereocenters. The van der Waals surface area contributed by atoms with Crippen LogP contribution in [0.4, 0.5) is 0 Å². The third-order valence-electron chi connectivity index (χ3n) is 2.43. The number of aryl methyl sites for hydroxylation is 2. The molecule has 0 aliphatic heterocycles. The van der Waals surface area contributed by atoms with E-state index >= 15 is 0 Å². The molecule has 0 fully saturated rings. The van der Waals surface area contributed by atoms with Gasteiger partial charge in [-0.05, 0) is 37.1 Å². The van der Waals surface area contributed by atoms with Gasteiger partial charge in [-0.25, -0.2) is 9.50 Å². The topological polar surface area (TPSA) is 56.2 Å². The first-order valence-corrected chi connectivity index (χ1v) is 5.37. The second kappa shape index (κ2) is 4.40. The van der Waals surface area contributed by atoms with Crippen LogP contribution < -0.4 is 5.73 Å². The van der Waals surface area contributed by atoms with Crippen LogP contribution >= 0.6 is 0 Å². The van der Waals surface area contributed by atoms with E-state index in [1.165, 1.54) is 5.56 Å². The molecular weight excluding hydrogens is 188 g/mol. The van der Waals surface area contributed by atoms with Crippen LogP contribution in [0.3, 0.4) is 0 Å². The van der Waals surface area contributed by atoms with Crippen molar-refractivity contribution in [3.05, 3.63) is 29.7 Å². The van der Waals surface area contributed by atoms with Crippen molar-refractivity contribution < 1.29 is 0 Å². The molecule has 2 aromatic rings. The molecule has 2 aromatic heterocycles. The summed E-state index contributed by atoms with van der Waals surface area (Å²) in [5, 5.41) is 4.33. The Kier molecular flexibility index (Phi) is 2.97. The Balaban J connectivity index is 2.29. The minimum absolute atomic E-state index is 0.734. The van der Waals surface area contributed by atoms with Gasteiger partial charge in [0.2, 0.25) is 0 Å². The highest BCUT2D eigenvalue weighted by Gasteiger charge is 2.02. The van der Waals surface area contributed by atoms with Crippen LogP contribution in [0, 0.1) is 0 Å². The van der Waals surface area contributed by atoms with E-state index in [0.29, 0.717) is 0 Å². The summed E-state index contributed by atoms with van der Waals surface area (Å²) in [5.74, 6) is 0.894. The van der Waals surface area contributed by atoms with Gasteiger partial charge in [0.15, 0.2) is 11.5 Å². The maximum Gasteiger partial charge on any atom is 0.155 e. The van der Waals surface area contributed by atoms with Crippen LogP contribution in [0.2, 0.25) is 0 Å². The molecule has 0 saturated heterocycles. The first-order chi connectivity index (χ1) is 7.33. The maximum absolute atomic E-state index is 5.48. The summed E-state index contributed by atoms with van der Waals surface area (Å²) < 4.78 is 1.82. The van der Waals surface area contributed by atoms with Crippen molar-refractivity contribution in [1.29, 1.82) is 0 Å². The van der Waals surface area contributed by atoms with Crippen LogP contribution in [-0.4, -0.2) is 21.1 Å². The van der Waals surface area contributed by atoms with Crippen LogP contribution in [-0.2, 0) is 12.8 Å². The molecule has 15 heavy (non-hydrogen) atoms. The van der Waals surface area contributed by atoms with Crippen molar-refractivity contribution in [2.75, 3.05) is 6.54 Å². The number of pyridine rings is 1. The van der Waals surface area contributed by atoms with Gasteiger partial charge in [0.1, 0.15) is 0 Å². The molecule has 0 aliphatic carbocycles. The zero-order valence-electron chi connectivity index (χ0n) is 8.98. The van der Waals surface area contributed by atoms with Crippen LogP contribution in [0.15, 0.2) is 18.3 Å². The lowest BCUT2D eigenvalue weighted by Gasteiger charge is -1.99. The Morgan fingerprint density at radius 3 is 3.07 bits per heavy atom. The summed E-state index contributed by atoms with van der Waals surface area (Å²) in [5.41, 5.74) is 7.69. The number of fused-ring (bicyclic) bond motifs is 1. The van der Waals surface area contributed by atoms with E-state index in [2.05, 4.69) is 29.1 Å². The second-order valence-corrected chi connectivity index (χ2v) is 3.61. The van der Waals surface area contributed by atoms with Crippen molar-refractivity contribution in [3.63, 3.8) is 0 Å². The van der Waals surface area contributed by atoms with Gasteiger partial charge in [-0.1, -0.05) is 6.92 Å². The first-order valence-electron chi connectivity index (χ1n) is 5.37. The largest absolute Gasteiger partial charge is 0.330 e. The standard InChI is InChI=1S/C11H16N4/c1-2-10-13-11-8-9(4-3-6-12)5-7-15(11)14-10/h5,7-8H,2-4,6,12H2,1H3. The van der Waals surface area contributed by atoms with Gasteiger partial charge in [0.25, 0.3) is 0 Å². The second-order valence-electron chi connectivity index (χ2n) is 3.61. The van der Waals surface area contributed by atoms with Gasteiger partial charge in [-0.15, -0.1) is 0 Å². The number of nitrogens with two attached hydrogens (primary N) is 1. The van der Waals surface area contributed by atoms with Crippen LogP contribution in [0.1, 0.15) is 24.7 Å². The summed E-state index contributed by atoms with van der Waals surface area (Å²) in [6, 6.07) is 4.17. The summed E-state index contributed by atoms with van der Waals surface area (Å²) in [6.45, 7) is 2.79. The number of nitrogens with zero attached hydrogens (tertiary/aromatic N) is 3. The number of aromatic nitrogens is 3. The molecule has 0 atom stereocenters. The van der Waals surface area contributed by atoms with E-state index in [9.17, 15) is 0 Å². The van der Waals surface area contributed by atoms with Gasteiger partial charge < -0.3 is 5.73 Å². The average molecular weight is 204 g/mol. The fourth-order valence-corrected chi connectivity index (χ4v) is 1.58. The lowest BCUT2D eigenvalue weighted by Crippen LogP contribution is -2.00. The Labute approximate surface area is 89.1 Å². The molecule has 2 N–H and O–H groups in total. The summed E-state index contributed by atoms with van der Waals surface area (Å²) in [4.78, 5) is 4.42. The molecule has 0 spiro atoms. The minimum atomic E-state index is 0.734. The number of rotatable bonds is 4. The summed E-state index contributed by atoms with van der Waals surface area (Å²) in [7, 11) is 0. The third kappa shape index (κ3) is 2.15. The minimum Gasteiger partial charge on any atom is -0.330 e. The lowest BCUT2D eigenvalue weighted by molar-refractivity contribution is 0.827. The maximum atomic E-state index is 5.48. The smallest absolute Gasteiger partial charge is 0.155 e. The van der Waals surface area contributed by atoms with Crippen LogP contribution in [0.5, 0.6) is 0 Å². The zero-order chi connectivity index (χ0) is 10.7. The van der Waals surface area contributed by atoms with Crippen molar-refractivity contribution in [3.8, 4) is 0 Å². The predicted molar refractivity (Wildman–Crippen MR) is 59.7 cm³/mol. The van der Waals surface area contributed by atoms with E-state index in [4.69, 9.17) is 5.73 Å². The Morgan fingerprint density at radius 2 is 2.33 bits per heavy atom. The Hall–Kier alpha value is -1.42. The average Bonchev–Trinajstić information content (AvgIpc) is 2.68. The predicted octanol–water partition coefficient (Wildman–Crippen LogP) is 1.18. The molecule has 4 heteroatoms. The molecule has 2 rings (SSSR count). The molecule has 0 aromatic carbocycles. The highest BCUT2D eigenvalue weighted by molar-refractivity contribution is 5.40. The molecule has 80 valence electrons.